The van der Waals surface area contributed by atoms with Crippen LogP contribution in [-0.4, -0.2) is 26.1 Å². The molecule has 0 atom stereocenters. The fourth-order valence-corrected chi connectivity index (χ4v) is 2.15. The quantitative estimate of drug-likeness (QED) is 0.578. The molecule has 0 aliphatic rings. The second-order valence-electron chi connectivity index (χ2n) is 5.96. The van der Waals surface area contributed by atoms with Crippen LogP contribution in [0.4, 0.5) is 5.82 Å². The van der Waals surface area contributed by atoms with E-state index < -0.39 is 0 Å². The first kappa shape index (κ1) is 15.1. The molecular weight excluding hydrogens is 266 g/mol. The highest BCUT2D eigenvalue weighted by atomic mass is 15.4. The van der Waals surface area contributed by atoms with Crippen molar-refractivity contribution in [2.45, 2.75) is 33.2 Å². The maximum absolute atomic E-state index is 6.18. The van der Waals surface area contributed by atoms with E-state index in [4.69, 9.17) is 17.3 Å². The summed E-state index contributed by atoms with van der Waals surface area (Å²) in [7, 11) is 0. The Balaban J connectivity index is 2.73. The molecule has 0 saturated heterocycles. The predicted molar refractivity (Wildman–Crippen MR) is 85.7 cm³/mol. The molecule has 0 saturated carbocycles. The van der Waals surface area contributed by atoms with Gasteiger partial charge in [-0.1, -0.05) is 0 Å². The van der Waals surface area contributed by atoms with Crippen LogP contribution in [-0.2, 0) is 5.54 Å². The molecule has 21 heavy (non-hydrogen) atoms. The zero-order valence-electron chi connectivity index (χ0n) is 13.0. The molecule has 6 N–H and O–H groups in total. The number of nitrogens with zero attached hydrogens (tertiary/aromatic N) is 4. The smallest absolute Gasteiger partial charge is 0.146 e. The minimum Gasteiger partial charge on any atom is -0.397 e. The lowest BCUT2D eigenvalue weighted by atomic mass is 10.1. The normalized spacial score (nSPS) is 12.9. The molecule has 0 radical (unpaired) electrons. The maximum atomic E-state index is 6.18. The Bertz CT molecular complexity index is 678. The van der Waals surface area contributed by atoms with Crippen LogP contribution < -0.4 is 17.3 Å². The molecule has 0 fully saturated rings. The first-order valence-corrected chi connectivity index (χ1v) is 6.86. The molecule has 0 spiro atoms. The second-order valence-corrected chi connectivity index (χ2v) is 5.96. The number of hydrazine groups is 1. The van der Waals surface area contributed by atoms with E-state index in [-0.39, 0.29) is 5.54 Å². The highest BCUT2D eigenvalue weighted by Gasteiger charge is 2.22. The van der Waals surface area contributed by atoms with E-state index in [1.54, 1.807) is 6.20 Å². The third-order valence-electron chi connectivity index (χ3n) is 3.32. The lowest BCUT2D eigenvalue weighted by Gasteiger charge is -2.21. The van der Waals surface area contributed by atoms with Gasteiger partial charge in [-0.2, -0.15) is 0 Å². The van der Waals surface area contributed by atoms with E-state index in [1.807, 2.05) is 17.7 Å². The van der Waals surface area contributed by atoms with Gasteiger partial charge in [0.15, 0.2) is 0 Å². The molecule has 0 amide bonds. The van der Waals surface area contributed by atoms with Crippen LogP contribution in [0.15, 0.2) is 18.7 Å². The van der Waals surface area contributed by atoms with Gasteiger partial charge in [0, 0.05) is 30.0 Å². The highest BCUT2D eigenvalue weighted by molar-refractivity contribution is 5.97. The largest absolute Gasteiger partial charge is 0.397 e. The minimum atomic E-state index is -0.148. The third kappa shape index (κ3) is 2.78. The molecule has 7 nitrogen and oxygen atoms in total. The maximum Gasteiger partial charge on any atom is 0.146 e. The minimum absolute atomic E-state index is 0.148. The third-order valence-corrected chi connectivity index (χ3v) is 3.32. The summed E-state index contributed by atoms with van der Waals surface area (Å²) in [6.07, 6.45) is 5.10. The molecule has 2 aromatic rings. The van der Waals surface area contributed by atoms with E-state index in [2.05, 4.69) is 30.7 Å². The van der Waals surface area contributed by atoms with Crippen molar-refractivity contribution in [1.82, 2.24) is 19.5 Å². The van der Waals surface area contributed by atoms with Gasteiger partial charge in [0.25, 0.3) is 0 Å². The van der Waals surface area contributed by atoms with Gasteiger partial charge in [-0.15, -0.1) is 0 Å². The Morgan fingerprint density at radius 1 is 1.38 bits per heavy atom. The average molecular weight is 289 g/mol. The van der Waals surface area contributed by atoms with Crippen LogP contribution in [0.1, 0.15) is 33.3 Å². The summed E-state index contributed by atoms with van der Waals surface area (Å²) in [6, 6.07) is 0. The lowest BCUT2D eigenvalue weighted by molar-refractivity contribution is 0.408. The first-order chi connectivity index (χ1) is 9.75. The molecule has 2 rings (SSSR count). The van der Waals surface area contributed by atoms with Crippen LogP contribution in [0.2, 0.25) is 0 Å². The average Bonchev–Trinajstić information content (AvgIpc) is 2.79. The molecule has 2 heterocycles. The zero-order chi connectivity index (χ0) is 15.8. The number of hydrogen-bond acceptors (Lipinski definition) is 6. The summed E-state index contributed by atoms with van der Waals surface area (Å²) in [5, 5.41) is 2.28. The van der Waals surface area contributed by atoms with Crippen LogP contribution >= 0.6 is 0 Å². The van der Waals surface area contributed by atoms with Gasteiger partial charge in [0.1, 0.15) is 17.8 Å². The Kier molecular flexibility index (Phi) is 3.78. The Hall–Kier alpha value is -2.28. The van der Waals surface area contributed by atoms with Gasteiger partial charge in [-0.25, -0.2) is 15.8 Å². The van der Waals surface area contributed by atoms with Crippen LogP contribution in [0, 0.1) is 0 Å². The number of anilines is 1. The monoisotopic (exact) mass is 289 g/mol. The Morgan fingerprint density at radius 3 is 2.62 bits per heavy atom. The van der Waals surface area contributed by atoms with E-state index in [0.29, 0.717) is 18.1 Å². The topological polar surface area (TPSA) is 112 Å². The van der Waals surface area contributed by atoms with Gasteiger partial charge < -0.3 is 21.0 Å². The van der Waals surface area contributed by atoms with Crippen molar-refractivity contribution < 1.29 is 0 Å². The standard InChI is InChI=1S/C14H23N7/c1-5-20(17)7-10(15)9-6-21(14(2,3)4)13-11(9)12(16)18-8-19-13/h6-8H,5,15,17H2,1-4H3,(H2,16,18,19)/b10-7-. The molecule has 0 aliphatic carbocycles. The molecular formula is C14H23N7. The summed E-state index contributed by atoms with van der Waals surface area (Å²) in [5.41, 5.74) is 14.1. The van der Waals surface area contributed by atoms with Crippen molar-refractivity contribution >= 4 is 22.5 Å². The van der Waals surface area contributed by atoms with Crippen LogP contribution in [0.25, 0.3) is 16.7 Å². The summed E-state index contributed by atoms with van der Waals surface area (Å²) >= 11 is 0. The molecule has 0 unspecified atom stereocenters. The van der Waals surface area contributed by atoms with Crippen molar-refractivity contribution in [3.63, 3.8) is 0 Å². The molecule has 0 aromatic carbocycles. The first-order valence-electron chi connectivity index (χ1n) is 6.86. The van der Waals surface area contributed by atoms with E-state index in [1.165, 1.54) is 11.3 Å². The van der Waals surface area contributed by atoms with Crippen molar-refractivity contribution in [2.24, 2.45) is 11.6 Å². The van der Waals surface area contributed by atoms with Crippen molar-refractivity contribution in [2.75, 3.05) is 12.3 Å². The van der Waals surface area contributed by atoms with Gasteiger partial charge in [-0.3, -0.25) is 0 Å². The molecule has 2 aromatic heterocycles. The number of aromatic nitrogens is 3. The van der Waals surface area contributed by atoms with Crippen LogP contribution in [0.5, 0.6) is 0 Å². The molecule has 114 valence electrons. The predicted octanol–water partition coefficient (Wildman–Crippen LogP) is 1.22. The summed E-state index contributed by atoms with van der Waals surface area (Å²) in [6.45, 7) is 8.88. The van der Waals surface area contributed by atoms with E-state index in [0.717, 1.165) is 16.6 Å². The number of fused-ring (bicyclic) bond motifs is 1. The number of rotatable bonds is 3. The Morgan fingerprint density at radius 2 is 2.05 bits per heavy atom. The number of nitrogens with two attached hydrogens (primary N) is 3. The fourth-order valence-electron chi connectivity index (χ4n) is 2.15. The van der Waals surface area contributed by atoms with Crippen molar-refractivity contribution in [3.8, 4) is 0 Å². The van der Waals surface area contributed by atoms with Gasteiger partial charge >= 0.3 is 0 Å². The zero-order valence-corrected chi connectivity index (χ0v) is 13.0. The second kappa shape index (κ2) is 5.25. The van der Waals surface area contributed by atoms with Crippen molar-refractivity contribution in [1.29, 1.82) is 0 Å². The summed E-state index contributed by atoms with van der Waals surface area (Å²) in [4.78, 5) is 8.43. The van der Waals surface area contributed by atoms with Crippen molar-refractivity contribution in [3.05, 3.63) is 24.3 Å². The lowest BCUT2D eigenvalue weighted by Crippen LogP contribution is -2.25. The SMILES string of the molecule is CCN(N)/C=C(\N)c1cn(C(C)(C)C)c2ncnc(N)c12. The van der Waals surface area contributed by atoms with Gasteiger partial charge in [0.2, 0.25) is 0 Å². The molecule has 0 bridgehead atoms. The van der Waals surface area contributed by atoms with E-state index >= 15 is 0 Å². The van der Waals surface area contributed by atoms with Crippen LogP contribution in [0.3, 0.4) is 0 Å². The number of nitrogen functional groups attached to an aromatic ring is 1. The fraction of sp³-hybridized carbons (Fsp3) is 0.429. The van der Waals surface area contributed by atoms with Gasteiger partial charge in [0.05, 0.1) is 11.1 Å². The van der Waals surface area contributed by atoms with Gasteiger partial charge in [-0.05, 0) is 27.7 Å². The number of hydrogen-bond donors (Lipinski definition) is 3. The van der Waals surface area contributed by atoms with E-state index in [9.17, 15) is 0 Å². The Labute approximate surface area is 124 Å². The summed E-state index contributed by atoms with van der Waals surface area (Å²) in [5.74, 6) is 6.21. The molecule has 7 heteroatoms. The molecule has 0 aliphatic heterocycles. The highest BCUT2D eigenvalue weighted by Crippen LogP contribution is 2.31. The summed E-state index contributed by atoms with van der Waals surface area (Å²) < 4.78 is 2.04.